The molecule has 1 fully saturated rings. The number of halogens is 1. The van der Waals surface area contributed by atoms with E-state index in [9.17, 15) is 4.79 Å². The van der Waals surface area contributed by atoms with Gasteiger partial charge in [0, 0.05) is 0 Å². The first-order chi connectivity index (χ1) is 6.75. The maximum absolute atomic E-state index is 11.7. The average molecular weight is 310 g/mol. The van der Waals surface area contributed by atoms with Gasteiger partial charge in [-0.2, -0.15) is 0 Å². The van der Waals surface area contributed by atoms with Crippen LogP contribution < -0.4 is 0 Å². The van der Waals surface area contributed by atoms with E-state index >= 15 is 0 Å². The van der Waals surface area contributed by atoms with Gasteiger partial charge < -0.3 is 4.74 Å². The van der Waals surface area contributed by atoms with Crippen LogP contribution in [-0.4, -0.2) is 17.5 Å². The molecule has 1 aliphatic carbocycles. The number of ether oxygens (including phenoxy) is 1. The van der Waals surface area contributed by atoms with Gasteiger partial charge in [0.2, 0.25) is 0 Å². The number of hydrogen-bond acceptors (Lipinski definition) is 2. The van der Waals surface area contributed by atoms with E-state index < -0.39 is 0 Å². The Morgan fingerprint density at radius 2 is 2.00 bits per heavy atom. The van der Waals surface area contributed by atoms with E-state index in [0.29, 0.717) is 0 Å². The molecule has 0 N–H and O–H groups in total. The number of rotatable bonds is 5. The second-order valence-electron chi connectivity index (χ2n) is 4.13. The summed E-state index contributed by atoms with van der Waals surface area (Å²) in [5, 5.41) is 0. The van der Waals surface area contributed by atoms with Crippen LogP contribution in [0.1, 0.15) is 44.9 Å². The minimum absolute atomic E-state index is 0.0310. The Bertz CT molecular complexity index is 186. The molecule has 0 aromatic rings. The van der Waals surface area contributed by atoms with Crippen LogP contribution in [0.15, 0.2) is 0 Å². The van der Waals surface area contributed by atoms with Crippen molar-refractivity contribution in [2.75, 3.05) is 11.5 Å². The fourth-order valence-electron chi connectivity index (χ4n) is 2.38. The average Bonchev–Trinajstić information content (AvgIpc) is 2.67. The molecule has 1 aliphatic rings. The first kappa shape index (κ1) is 12.3. The van der Waals surface area contributed by atoms with Crippen molar-refractivity contribution >= 4 is 28.6 Å². The van der Waals surface area contributed by atoms with Crippen LogP contribution in [0.3, 0.4) is 0 Å². The van der Waals surface area contributed by atoms with Crippen LogP contribution in [0.5, 0.6) is 0 Å². The molecule has 2 nitrogen and oxygen atoms in total. The lowest BCUT2D eigenvalue weighted by molar-refractivity contribution is -0.153. The highest BCUT2D eigenvalue weighted by Crippen LogP contribution is 2.43. The molecule has 1 rings (SSSR count). The number of unbranched alkanes of at least 4 members (excludes halogenated alkanes) is 1. The van der Waals surface area contributed by atoms with E-state index in [-0.39, 0.29) is 11.4 Å². The number of carbonyl (C=O) groups excluding carboxylic acids is 1. The predicted molar refractivity (Wildman–Crippen MR) is 65.7 cm³/mol. The van der Waals surface area contributed by atoms with Crippen molar-refractivity contribution in [2.45, 2.75) is 44.9 Å². The van der Waals surface area contributed by atoms with Crippen molar-refractivity contribution < 1.29 is 9.53 Å². The number of esters is 1. The zero-order valence-corrected chi connectivity index (χ0v) is 11.0. The molecule has 0 aromatic carbocycles. The third-order valence-corrected chi connectivity index (χ3v) is 3.98. The van der Waals surface area contributed by atoms with Crippen molar-refractivity contribution in [1.29, 1.82) is 0 Å². The molecule has 3 heteroatoms. The zero-order chi connectivity index (χ0) is 10.4. The highest BCUT2D eigenvalue weighted by atomic mass is 127. The summed E-state index contributed by atoms with van der Waals surface area (Å²) in [7, 11) is 1.51. The fourth-order valence-corrected chi connectivity index (χ4v) is 2.92. The molecule has 0 aromatic heterocycles. The smallest absolute Gasteiger partial charge is 0.311 e. The van der Waals surface area contributed by atoms with Gasteiger partial charge >= 0.3 is 5.97 Å². The third-order valence-electron chi connectivity index (χ3n) is 3.22. The van der Waals surface area contributed by atoms with E-state index in [0.717, 1.165) is 25.7 Å². The van der Waals surface area contributed by atoms with Gasteiger partial charge in [0.1, 0.15) is 0 Å². The quantitative estimate of drug-likeness (QED) is 0.337. The maximum atomic E-state index is 11.7. The van der Waals surface area contributed by atoms with Crippen molar-refractivity contribution in [3.8, 4) is 0 Å². The molecular weight excluding hydrogens is 291 g/mol. The topological polar surface area (TPSA) is 26.3 Å². The van der Waals surface area contributed by atoms with E-state index in [4.69, 9.17) is 4.74 Å². The van der Waals surface area contributed by atoms with E-state index in [1.165, 1.54) is 30.8 Å². The molecule has 0 amide bonds. The Morgan fingerprint density at radius 1 is 1.36 bits per heavy atom. The van der Waals surface area contributed by atoms with Crippen molar-refractivity contribution in [3.05, 3.63) is 0 Å². The van der Waals surface area contributed by atoms with Crippen LogP contribution in [-0.2, 0) is 9.53 Å². The highest BCUT2D eigenvalue weighted by molar-refractivity contribution is 14.1. The van der Waals surface area contributed by atoms with Gasteiger partial charge in [-0.25, -0.2) is 0 Å². The van der Waals surface area contributed by atoms with E-state index in [1.807, 2.05) is 0 Å². The zero-order valence-electron chi connectivity index (χ0n) is 8.85. The van der Waals surface area contributed by atoms with E-state index in [2.05, 4.69) is 22.6 Å². The summed E-state index contributed by atoms with van der Waals surface area (Å²) in [6, 6.07) is 0. The molecule has 14 heavy (non-hydrogen) atoms. The Kier molecular flexibility index (Phi) is 5.20. The van der Waals surface area contributed by atoms with Gasteiger partial charge in [-0.15, -0.1) is 0 Å². The van der Waals surface area contributed by atoms with Gasteiger partial charge in [-0.3, -0.25) is 4.79 Å². The van der Waals surface area contributed by atoms with Gasteiger partial charge in [-0.05, 0) is 30.1 Å². The monoisotopic (exact) mass is 310 g/mol. The summed E-state index contributed by atoms with van der Waals surface area (Å²) in [5.41, 5.74) is -0.111. The summed E-state index contributed by atoms with van der Waals surface area (Å²) < 4.78 is 6.12. The van der Waals surface area contributed by atoms with Crippen LogP contribution in [0.2, 0.25) is 0 Å². The number of carbonyl (C=O) groups is 1. The molecule has 0 radical (unpaired) electrons. The van der Waals surface area contributed by atoms with Crippen LogP contribution in [0.4, 0.5) is 0 Å². The molecule has 0 spiro atoms. The van der Waals surface area contributed by atoms with Gasteiger partial charge in [0.25, 0.3) is 0 Å². The molecule has 1 saturated carbocycles. The van der Waals surface area contributed by atoms with Crippen molar-refractivity contribution in [3.63, 3.8) is 0 Å². The lowest BCUT2D eigenvalue weighted by atomic mass is 9.81. The standard InChI is InChI=1S/C11H19IO2/c1-14-10(13)11(6-2-3-7-11)8-4-5-9-12/h2-9H2,1H3. The third kappa shape index (κ3) is 2.84. The predicted octanol–water partition coefficient (Wildman–Crippen LogP) is 3.33. The van der Waals surface area contributed by atoms with Crippen molar-refractivity contribution in [2.24, 2.45) is 5.41 Å². The molecule has 0 heterocycles. The molecule has 0 unspecified atom stereocenters. The fraction of sp³-hybridized carbons (Fsp3) is 0.909. The summed E-state index contributed by atoms with van der Waals surface area (Å²) in [6.45, 7) is 0. The van der Waals surface area contributed by atoms with Crippen LogP contribution in [0, 0.1) is 5.41 Å². The summed E-state index contributed by atoms with van der Waals surface area (Å²) >= 11 is 2.39. The molecule has 0 bridgehead atoms. The SMILES string of the molecule is COC(=O)C1(CCCCI)CCCC1. The summed E-state index contributed by atoms with van der Waals surface area (Å²) in [4.78, 5) is 11.7. The largest absolute Gasteiger partial charge is 0.469 e. The molecule has 0 atom stereocenters. The molecule has 0 aliphatic heterocycles. The van der Waals surface area contributed by atoms with Crippen LogP contribution in [0.25, 0.3) is 0 Å². The number of hydrogen-bond donors (Lipinski definition) is 0. The lowest BCUT2D eigenvalue weighted by Crippen LogP contribution is -2.29. The van der Waals surface area contributed by atoms with Gasteiger partial charge in [0.15, 0.2) is 0 Å². The Morgan fingerprint density at radius 3 is 2.50 bits per heavy atom. The molecular formula is C11H19IO2. The van der Waals surface area contributed by atoms with Crippen molar-refractivity contribution in [1.82, 2.24) is 0 Å². The van der Waals surface area contributed by atoms with Crippen LogP contribution >= 0.6 is 22.6 Å². The Balaban J connectivity index is 2.49. The van der Waals surface area contributed by atoms with Gasteiger partial charge in [-0.1, -0.05) is 41.9 Å². The highest BCUT2D eigenvalue weighted by Gasteiger charge is 2.41. The molecule has 0 saturated heterocycles. The minimum atomic E-state index is -0.111. The minimum Gasteiger partial charge on any atom is -0.469 e. The van der Waals surface area contributed by atoms with Gasteiger partial charge in [0.05, 0.1) is 12.5 Å². The first-order valence-electron chi connectivity index (χ1n) is 5.39. The lowest BCUT2D eigenvalue weighted by Gasteiger charge is -2.25. The normalized spacial score (nSPS) is 19.6. The number of methoxy groups -OCH3 is 1. The number of alkyl halides is 1. The second-order valence-corrected chi connectivity index (χ2v) is 5.20. The van der Waals surface area contributed by atoms with E-state index in [1.54, 1.807) is 0 Å². The summed E-state index contributed by atoms with van der Waals surface area (Å²) in [6.07, 6.45) is 7.89. The first-order valence-corrected chi connectivity index (χ1v) is 6.92. The maximum Gasteiger partial charge on any atom is 0.311 e. The Labute approximate surface area is 99.9 Å². The molecule has 82 valence electrons. The second kappa shape index (κ2) is 5.93. The Hall–Kier alpha value is 0.200. The summed E-state index contributed by atoms with van der Waals surface area (Å²) in [5.74, 6) is 0.0310.